The first-order valence-corrected chi connectivity index (χ1v) is 13.5. The van der Waals surface area contributed by atoms with Gasteiger partial charge in [0, 0.05) is 23.2 Å². The molecule has 7 heteroatoms. The highest BCUT2D eigenvalue weighted by Gasteiger charge is 2.74. The quantitative estimate of drug-likeness (QED) is 0.334. The third kappa shape index (κ3) is 3.71. The predicted octanol–water partition coefficient (Wildman–Crippen LogP) is 2.93. The van der Waals surface area contributed by atoms with E-state index in [9.17, 15) is 34.8 Å². The van der Waals surface area contributed by atoms with Crippen molar-refractivity contribution in [2.24, 2.45) is 39.4 Å². The number of Topliss-reactive ketones (excluding diaryl/α,β-unsaturated/α-hetero) is 2. The number of hydrogen-bond acceptors (Lipinski definition) is 7. The zero-order valence-electron chi connectivity index (χ0n) is 23.5. The molecule has 3 fully saturated rings. The molecule has 37 heavy (non-hydrogen) atoms. The molecule has 0 radical (unpaired) electrons. The van der Waals surface area contributed by atoms with E-state index in [0.717, 1.165) is 5.57 Å². The first-order valence-electron chi connectivity index (χ1n) is 13.5. The van der Waals surface area contributed by atoms with Crippen LogP contribution in [0.1, 0.15) is 81.1 Å². The number of allylic oxidation sites excluding steroid dienone is 2. The molecule has 206 valence electrons. The van der Waals surface area contributed by atoms with Gasteiger partial charge in [-0.05, 0) is 82.6 Å². The smallest absolute Gasteiger partial charge is 0.187 e. The average molecular weight is 517 g/mol. The maximum Gasteiger partial charge on any atom is 0.187 e. The Morgan fingerprint density at radius 3 is 2.19 bits per heavy atom. The minimum Gasteiger partial charge on any atom is -0.393 e. The Morgan fingerprint density at radius 1 is 1.03 bits per heavy atom. The average Bonchev–Trinajstić information content (AvgIpc) is 2.96. The largest absolute Gasteiger partial charge is 0.393 e. The fourth-order valence-corrected chi connectivity index (χ4v) is 9.00. The van der Waals surface area contributed by atoms with E-state index in [1.54, 1.807) is 0 Å². The van der Waals surface area contributed by atoms with Crippen molar-refractivity contribution in [1.82, 2.24) is 0 Å². The molecule has 0 spiro atoms. The summed E-state index contributed by atoms with van der Waals surface area (Å²) < 4.78 is 0. The molecule has 0 aromatic heterocycles. The van der Waals surface area contributed by atoms with Crippen LogP contribution in [-0.2, 0) is 14.4 Å². The summed E-state index contributed by atoms with van der Waals surface area (Å²) in [7, 11) is 0. The van der Waals surface area contributed by atoms with E-state index in [1.807, 2.05) is 27.7 Å². The zero-order valence-corrected chi connectivity index (χ0v) is 23.5. The van der Waals surface area contributed by atoms with Crippen LogP contribution in [0.15, 0.2) is 23.8 Å². The summed E-state index contributed by atoms with van der Waals surface area (Å²) in [5.41, 5.74) is -5.46. The highest BCUT2D eigenvalue weighted by molar-refractivity contribution is 5.98. The Morgan fingerprint density at radius 2 is 1.62 bits per heavy atom. The Hall–Kier alpha value is -1.67. The SMILES string of the molecule is CC(C)(O)/C=C/C(=O)[C@](C)(O)[C@@H]1[C@H](O)C[C@@]2(C)C3CC=C4[C@@H](C[C@H](O)C(=O)C4(C)C)[C@]3(C)C(=O)C[C@]12C. The van der Waals surface area contributed by atoms with Crippen molar-refractivity contribution in [3.63, 3.8) is 0 Å². The summed E-state index contributed by atoms with van der Waals surface area (Å²) in [5.74, 6) is -2.24. The number of ketones is 3. The second kappa shape index (κ2) is 8.17. The van der Waals surface area contributed by atoms with Crippen molar-refractivity contribution in [3.8, 4) is 0 Å². The molecule has 0 aromatic rings. The van der Waals surface area contributed by atoms with E-state index in [2.05, 4.69) is 13.0 Å². The Bertz CT molecular complexity index is 1090. The van der Waals surface area contributed by atoms with Gasteiger partial charge in [0.2, 0.25) is 0 Å². The second-order valence-electron chi connectivity index (χ2n) is 14.2. The Kier molecular flexibility index (Phi) is 6.26. The van der Waals surface area contributed by atoms with Crippen molar-refractivity contribution < 1.29 is 34.8 Å². The van der Waals surface area contributed by atoms with Gasteiger partial charge in [-0.3, -0.25) is 14.4 Å². The van der Waals surface area contributed by atoms with Gasteiger partial charge in [-0.2, -0.15) is 0 Å². The molecule has 0 aromatic carbocycles. The minimum atomic E-state index is -1.95. The lowest BCUT2D eigenvalue weighted by Gasteiger charge is -2.64. The van der Waals surface area contributed by atoms with Gasteiger partial charge >= 0.3 is 0 Å². The van der Waals surface area contributed by atoms with Gasteiger partial charge in [0.1, 0.15) is 17.5 Å². The van der Waals surface area contributed by atoms with Crippen molar-refractivity contribution in [2.45, 2.75) is 104 Å². The maximum atomic E-state index is 14.2. The number of carbonyl (C=O) groups is 3. The summed E-state index contributed by atoms with van der Waals surface area (Å²) >= 11 is 0. The third-order valence-electron chi connectivity index (χ3n) is 11.1. The molecular weight excluding hydrogens is 472 g/mol. The highest BCUT2D eigenvalue weighted by atomic mass is 16.3. The molecule has 0 heterocycles. The standard InChI is InChI=1S/C30H44O7/c1-25(2,36)12-11-21(33)30(8,37)23-19(32)14-27(5)20-10-9-16-17(13-18(31)24(35)26(16,3)4)29(20,7)22(34)15-28(23,27)6/h9,11-12,17-20,23,31-32,36-37H,10,13-15H2,1-8H3/b12-11+/t17-,18+,19-,20?,23-,27+,28-,29+,30+/m1/s1. The van der Waals surface area contributed by atoms with E-state index in [0.29, 0.717) is 12.8 Å². The Balaban J connectivity index is 1.80. The van der Waals surface area contributed by atoms with Gasteiger partial charge in [-0.25, -0.2) is 0 Å². The minimum absolute atomic E-state index is 0.0141. The Labute approximate surface area is 220 Å². The van der Waals surface area contributed by atoms with Crippen molar-refractivity contribution in [1.29, 1.82) is 0 Å². The lowest BCUT2D eigenvalue weighted by Crippen LogP contribution is -2.65. The number of aliphatic hydroxyl groups excluding tert-OH is 2. The van der Waals surface area contributed by atoms with E-state index in [4.69, 9.17) is 0 Å². The topological polar surface area (TPSA) is 132 Å². The normalized spacial score (nSPS) is 45.1. The molecule has 4 rings (SSSR count). The van der Waals surface area contributed by atoms with Crippen LogP contribution in [0.3, 0.4) is 0 Å². The second-order valence-corrected chi connectivity index (χ2v) is 14.2. The lowest BCUT2D eigenvalue weighted by atomic mass is 9.38. The van der Waals surface area contributed by atoms with Crippen LogP contribution in [0, 0.1) is 39.4 Å². The molecule has 3 saturated carbocycles. The van der Waals surface area contributed by atoms with Gasteiger partial charge in [0.15, 0.2) is 11.6 Å². The van der Waals surface area contributed by atoms with E-state index >= 15 is 0 Å². The molecule has 9 atom stereocenters. The number of fused-ring (bicyclic) bond motifs is 5. The molecule has 0 saturated heterocycles. The van der Waals surface area contributed by atoms with Crippen LogP contribution in [0.2, 0.25) is 0 Å². The van der Waals surface area contributed by atoms with Gasteiger partial charge in [0.25, 0.3) is 0 Å². The van der Waals surface area contributed by atoms with E-state index in [1.165, 1.54) is 32.9 Å². The zero-order chi connectivity index (χ0) is 28.1. The van der Waals surface area contributed by atoms with E-state index < -0.39 is 56.8 Å². The summed E-state index contributed by atoms with van der Waals surface area (Å²) in [5, 5.41) is 43.7. The van der Waals surface area contributed by atoms with Crippen LogP contribution in [-0.4, -0.2) is 61.2 Å². The molecular formula is C30H44O7. The van der Waals surface area contributed by atoms with Crippen molar-refractivity contribution in [2.75, 3.05) is 0 Å². The van der Waals surface area contributed by atoms with Crippen molar-refractivity contribution in [3.05, 3.63) is 23.8 Å². The lowest BCUT2D eigenvalue weighted by molar-refractivity contribution is -0.183. The van der Waals surface area contributed by atoms with Crippen molar-refractivity contribution >= 4 is 17.3 Å². The molecule has 7 nitrogen and oxygen atoms in total. The molecule has 4 aliphatic rings. The molecule has 0 amide bonds. The number of hydrogen-bond donors (Lipinski definition) is 4. The van der Waals surface area contributed by atoms with E-state index in [-0.39, 0.29) is 36.2 Å². The summed E-state index contributed by atoms with van der Waals surface area (Å²) in [4.78, 5) is 40.2. The molecule has 0 aliphatic heterocycles. The fraction of sp³-hybridized carbons (Fsp3) is 0.767. The fourth-order valence-electron chi connectivity index (χ4n) is 9.00. The molecule has 0 bridgehead atoms. The number of aliphatic hydroxyl groups is 4. The monoisotopic (exact) mass is 516 g/mol. The molecule has 4 N–H and O–H groups in total. The van der Waals surface area contributed by atoms with Gasteiger partial charge in [0.05, 0.1) is 11.7 Å². The van der Waals surface area contributed by atoms with Gasteiger partial charge < -0.3 is 20.4 Å². The number of carbonyl (C=O) groups excluding carboxylic acids is 3. The molecule has 4 aliphatic carbocycles. The third-order valence-corrected chi connectivity index (χ3v) is 11.1. The van der Waals surface area contributed by atoms with Gasteiger partial charge in [-0.15, -0.1) is 0 Å². The predicted molar refractivity (Wildman–Crippen MR) is 138 cm³/mol. The maximum absolute atomic E-state index is 14.2. The van der Waals surface area contributed by atoms with Crippen LogP contribution >= 0.6 is 0 Å². The first-order chi connectivity index (χ1) is 16.7. The molecule has 1 unspecified atom stereocenters. The van der Waals surface area contributed by atoms with Crippen LogP contribution < -0.4 is 0 Å². The highest BCUT2D eigenvalue weighted by Crippen LogP contribution is 2.74. The summed E-state index contributed by atoms with van der Waals surface area (Å²) in [6, 6.07) is 0. The van der Waals surface area contributed by atoms with Crippen LogP contribution in [0.5, 0.6) is 0 Å². The van der Waals surface area contributed by atoms with Crippen LogP contribution in [0.4, 0.5) is 0 Å². The summed E-state index contributed by atoms with van der Waals surface area (Å²) in [6.07, 6.45) is 3.54. The first kappa shape index (κ1) is 28.3. The van der Waals surface area contributed by atoms with Crippen LogP contribution in [0.25, 0.3) is 0 Å². The summed E-state index contributed by atoms with van der Waals surface area (Å²) in [6.45, 7) is 14.0. The van der Waals surface area contributed by atoms with Gasteiger partial charge in [-0.1, -0.05) is 38.5 Å². The number of rotatable bonds is 4.